The van der Waals surface area contributed by atoms with Gasteiger partial charge in [0.15, 0.2) is 0 Å². The van der Waals surface area contributed by atoms with E-state index in [9.17, 15) is 0 Å². The summed E-state index contributed by atoms with van der Waals surface area (Å²) in [5, 5.41) is 0. The molecule has 2 aromatic rings. The summed E-state index contributed by atoms with van der Waals surface area (Å²) >= 11 is 0. The summed E-state index contributed by atoms with van der Waals surface area (Å²) in [7, 11) is -1.60. The van der Waals surface area contributed by atoms with E-state index in [-0.39, 0.29) is 0 Å². The van der Waals surface area contributed by atoms with Crippen molar-refractivity contribution in [1.82, 2.24) is 0 Å². The summed E-state index contributed by atoms with van der Waals surface area (Å²) in [6.07, 6.45) is 10.8. The second-order valence-corrected chi connectivity index (χ2v) is 5.75. The first-order valence-corrected chi connectivity index (χ1v) is 11.5. The van der Waals surface area contributed by atoms with Crippen LogP contribution in [0.15, 0.2) is 96.8 Å². The van der Waals surface area contributed by atoms with Gasteiger partial charge in [-0.15, -0.1) is 0 Å². The van der Waals surface area contributed by atoms with Gasteiger partial charge in [0.25, 0.3) is 0 Å². The van der Waals surface area contributed by atoms with Gasteiger partial charge in [0.05, 0.1) is 0 Å². The Labute approximate surface area is 178 Å². The third-order valence-corrected chi connectivity index (χ3v) is 4.06. The average molecular weight is 415 g/mol. The number of hydrogen-bond acceptors (Lipinski definition) is 3. The average Bonchev–Trinajstić information content (AvgIpc) is 3.08. The molecule has 0 amide bonds. The van der Waals surface area contributed by atoms with Gasteiger partial charge in [-0.05, 0) is 42.8 Å². The Kier molecular flexibility index (Phi) is 17.2. The maximum absolute atomic E-state index is 5.92. The molecule has 0 aromatic heterocycles. The van der Waals surface area contributed by atoms with E-state index in [1.54, 1.807) is 0 Å². The molecule has 0 N–H and O–H groups in total. The van der Waals surface area contributed by atoms with Crippen molar-refractivity contribution in [2.24, 2.45) is 0 Å². The summed E-state index contributed by atoms with van der Waals surface area (Å²) in [6.45, 7) is 12.0. The van der Waals surface area contributed by atoms with Crippen LogP contribution in [0.25, 0.3) is 0 Å². The SMILES string of the molecule is C1=CCC=CC(OP(Oc2ccccc2)Oc2ccccc2)=C1.CC.CC.CC. The first kappa shape index (κ1) is 26.5. The molecule has 0 unspecified atom stereocenters. The van der Waals surface area contributed by atoms with Gasteiger partial charge in [0.1, 0.15) is 17.3 Å². The molecule has 2 aromatic carbocycles. The van der Waals surface area contributed by atoms with E-state index in [4.69, 9.17) is 13.6 Å². The van der Waals surface area contributed by atoms with Crippen LogP contribution >= 0.6 is 8.60 Å². The molecule has 0 heterocycles. The highest BCUT2D eigenvalue weighted by Gasteiger charge is 2.20. The lowest BCUT2D eigenvalue weighted by Crippen LogP contribution is -1.99. The smallest absolute Gasteiger partial charge is 0.409 e. The van der Waals surface area contributed by atoms with Gasteiger partial charge >= 0.3 is 8.60 Å². The Morgan fingerprint density at radius 1 is 0.621 bits per heavy atom. The van der Waals surface area contributed by atoms with Crippen molar-refractivity contribution in [2.45, 2.75) is 48.0 Å². The highest BCUT2D eigenvalue weighted by atomic mass is 31.2. The van der Waals surface area contributed by atoms with E-state index in [0.717, 1.165) is 12.2 Å². The molecule has 0 saturated carbocycles. The van der Waals surface area contributed by atoms with Crippen molar-refractivity contribution in [2.75, 3.05) is 0 Å². The molecular formula is C25H35O3P. The molecule has 1 aliphatic rings. The van der Waals surface area contributed by atoms with Crippen LogP contribution in [0.3, 0.4) is 0 Å². The lowest BCUT2D eigenvalue weighted by Gasteiger charge is -2.18. The van der Waals surface area contributed by atoms with Gasteiger partial charge in [0.2, 0.25) is 0 Å². The summed E-state index contributed by atoms with van der Waals surface area (Å²) < 4.78 is 17.7. The Bertz CT molecular complexity index is 653. The fourth-order valence-electron chi connectivity index (χ4n) is 1.90. The van der Waals surface area contributed by atoms with Crippen molar-refractivity contribution >= 4 is 8.60 Å². The standard InChI is InChI=1S/C19H17O3P.3C2H6/c1-2-6-12-17(11-5-1)20-23(21-18-13-7-3-8-14-18)22-19-15-9-4-10-16-19;3*1-2/h1,3-16H,2H2;3*1-2H3. The number of para-hydroxylation sites is 2. The van der Waals surface area contributed by atoms with Crippen molar-refractivity contribution < 1.29 is 13.6 Å². The Balaban J connectivity index is 0.00000120. The molecule has 0 fully saturated rings. The van der Waals surface area contributed by atoms with Gasteiger partial charge in [-0.1, -0.05) is 96.2 Å². The molecular weight excluding hydrogens is 379 g/mol. The molecule has 0 atom stereocenters. The fourth-order valence-corrected chi connectivity index (χ4v) is 2.89. The van der Waals surface area contributed by atoms with E-state index in [1.165, 1.54) is 0 Å². The third kappa shape index (κ3) is 11.8. The minimum absolute atomic E-state index is 0.711. The minimum Gasteiger partial charge on any atom is -0.409 e. The molecule has 0 radical (unpaired) electrons. The lowest BCUT2D eigenvalue weighted by molar-refractivity contribution is 0.340. The van der Waals surface area contributed by atoms with E-state index in [2.05, 4.69) is 6.08 Å². The van der Waals surface area contributed by atoms with Crippen LogP contribution in [0.1, 0.15) is 48.0 Å². The highest BCUT2D eigenvalue weighted by Crippen LogP contribution is 2.43. The molecule has 3 nitrogen and oxygen atoms in total. The number of hydrogen-bond donors (Lipinski definition) is 0. The predicted molar refractivity (Wildman–Crippen MR) is 127 cm³/mol. The lowest BCUT2D eigenvalue weighted by atomic mass is 10.3. The molecule has 158 valence electrons. The van der Waals surface area contributed by atoms with Crippen LogP contribution < -0.4 is 9.05 Å². The van der Waals surface area contributed by atoms with Crippen LogP contribution in [0.4, 0.5) is 0 Å². The van der Waals surface area contributed by atoms with Gasteiger partial charge in [-0.3, -0.25) is 0 Å². The second kappa shape index (κ2) is 18.8. The molecule has 1 aliphatic carbocycles. The summed E-state index contributed by atoms with van der Waals surface area (Å²) in [6, 6.07) is 19.1. The van der Waals surface area contributed by atoms with Gasteiger partial charge in [-0.2, -0.15) is 0 Å². The number of benzene rings is 2. The normalized spacial score (nSPS) is 11.2. The Morgan fingerprint density at radius 2 is 1.10 bits per heavy atom. The molecule has 0 aliphatic heterocycles. The molecule has 4 heteroatoms. The summed E-state index contributed by atoms with van der Waals surface area (Å²) in [5.74, 6) is 2.14. The maximum Gasteiger partial charge on any atom is 0.530 e. The maximum atomic E-state index is 5.92. The summed E-state index contributed by atoms with van der Waals surface area (Å²) in [4.78, 5) is 0. The molecule has 29 heavy (non-hydrogen) atoms. The predicted octanol–water partition coefficient (Wildman–Crippen LogP) is 8.87. The van der Waals surface area contributed by atoms with E-state index >= 15 is 0 Å². The molecule has 3 rings (SSSR count). The largest absolute Gasteiger partial charge is 0.530 e. The van der Waals surface area contributed by atoms with E-state index in [0.29, 0.717) is 11.5 Å². The van der Waals surface area contributed by atoms with E-state index < -0.39 is 8.60 Å². The van der Waals surface area contributed by atoms with Crippen molar-refractivity contribution in [3.63, 3.8) is 0 Å². The van der Waals surface area contributed by atoms with Crippen LogP contribution in [0.2, 0.25) is 0 Å². The number of rotatable bonds is 6. The van der Waals surface area contributed by atoms with Gasteiger partial charge in [-0.25, -0.2) is 0 Å². The first-order valence-electron chi connectivity index (χ1n) is 10.4. The second-order valence-electron chi connectivity index (χ2n) is 4.76. The summed E-state index contributed by atoms with van der Waals surface area (Å²) in [5.41, 5.74) is 0. The zero-order valence-electron chi connectivity index (χ0n) is 18.5. The van der Waals surface area contributed by atoms with Gasteiger partial charge < -0.3 is 13.6 Å². The fraction of sp³-hybridized carbons (Fsp3) is 0.280. The van der Waals surface area contributed by atoms with Gasteiger partial charge in [0, 0.05) is 0 Å². The third-order valence-electron chi connectivity index (χ3n) is 2.98. The van der Waals surface area contributed by atoms with Crippen LogP contribution in [0, 0.1) is 0 Å². The van der Waals surface area contributed by atoms with E-state index in [1.807, 2.05) is 127 Å². The Morgan fingerprint density at radius 3 is 1.59 bits per heavy atom. The minimum atomic E-state index is -1.60. The van der Waals surface area contributed by atoms with Crippen molar-refractivity contribution in [3.05, 3.63) is 96.8 Å². The first-order chi connectivity index (χ1) is 14.4. The van der Waals surface area contributed by atoms with Crippen molar-refractivity contribution in [3.8, 4) is 11.5 Å². The zero-order chi connectivity index (χ0) is 21.7. The molecule has 0 spiro atoms. The molecule has 0 saturated heterocycles. The quantitative estimate of drug-likeness (QED) is 0.442. The zero-order valence-corrected chi connectivity index (χ0v) is 19.4. The van der Waals surface area contributed by atoms with Crippen LogP contribution in [-0.2, 0) is 4.52 Å². The monoisotopic (exact) mass is 414 g/mol. The van der Waals surface area contributed by atoms with Crippen LogP contribution in [0.5, 0.6) is 11.5 Å². The molecule has 0 bridgehead atoms. The topological polar surface area (TPSA) is 27.7 Å². The highest BCUT2D eigenvalue weighted by molar-refractivity contribution is 7.42. The van der Waals surface area contributed by atoms with Crippen LogP contribution in [-0.4, -0.2) is 0 Å². The van der Waals surface area contributed by atoms with Crippen molar-refractivity contribution in [1.29, 1.82) is 0 Å². The number of allylic oxidation sites excluding steroid dienone is 5. The Hall–Kier alpha value is -2.51.